The van der Waals surface area contributed by atoms with Crippen LogP contribution >= 0.6 is 0 Å². The smallest absolute Gasteiger partial charge is 0.254 e. The Morgan fingerprint density at radius 1 is 0.968 bits per heavy atom. The van der Waals surface area contributed by atoms with Crippen LogP contribution in [0.4, 0.5) is 0 Å². The van der Waals surface area contributed by atoms with Gasteiger partial charge >= 0.3 is 0 Å². The molecule has 0 aliphatic carbocycles. The van der Waals surface area contributed by atoms with Gasteiger partial charge in [0.05, 0.1) is 13.0 Å². The van der Waals surface area contributed by atoms with Gasteiger partial charge in [-0.2, -0.15) is 0 Å². The van der Waals surface area contributed by atoms with Gasteiger partial charge in [0.25, 0.3) is 5.91 Å². The SMILES string of the molecule is COc1cccc(C(=O)N2CCN(C(=O)C3CC(=O)N(Cc4ccccc4)C3)CC2)c1. The van der Waals surface area contributed by atoms with Gasteiger partial charge in [0.1, 0.15) is 5.75 Å². The summed E-state index contributed by atoms with van der Waals surface area (Å²) in [7, 11) is 1.57. The number of piperazine rings is 1. The molecular weight excluding hydrogens is 394 g/mol. The minimum atomic E-state index is -0.308. The van der Waals surface area contributed by atoms with E-state index in [1.807, 2.05) is 30.3 Å². The maximum absolute atomic E-state index is 13.0. The molecule has 2 aliphatic heterocycles. The van der Waals surface area contributed by atoms with Crippen LogP contribution in [0.3, 0.4) is 0 Å². The average molecular weight is 421 g/mol. The van der Waals surface area contributed by atoms with E-state index >= 15 is 0 Å². The van der Waals surface area contributed by atoms with E-state index in [1.54, 1.807) is 46.1 Å². The second-order valence-electron chi connectivity index (χ2n) is 8.01. The molecule has 2 aliphatic rings. The van der Waals surface area contributed by atoms with Crippen LogP contribution in [0.1, 0.15) is 22.3 Å². The monoisotopic (exact) mass is 421 g/mol. The third-order valence-corrected chi connectivity index (χ3v) is 5.98. The van der Waals surface area contributed by atoms with Gasteiger partial charge in [-0.15, -0.1) is 0 Å². The number of likely N-dealkylation sites (tertiary alicyclic amines) is 1. The number of carbonyl (C=O) groups is 3. The maximum Gasteiger partial charge on any atom is 0.254 e. The predicted molar refractivity (Wildman–Crippen MR) is 115 cm³/mol. The lowest BCUT2D eigenvalue weighted by atomic mass is 10.1. The lowest BCUT2D eigenvalue weighted by Gasteiger charge is -2.36. The van der Waals surface area contributed by atoms with Gasteiger partial charge in [0, 0.05) is 51.3 Å². The second-order valence-corrected chi connectivity index (χ2v) is 8.01. The van der Waals surface area contributed by atoms with Gasteiger partial charge in [0.15, 0.2) is 0 Å². The molecule has 2 aromatic carbocycles. The van der Waals surface area contributed by atoms with Crippen LogP contribution in [-0.2, 0) is 16.1 Å². The van der Waals surface area contributed by atoms with E-state index in [4.69, 9.17) is 4.74 Å². The molecule has 7 heteroatoms. The van der Waals surface area contributed by atoms with E-state index in [2.05, 4.69) is 0 Å². The van der Waals surface area contributed by atoms with E-state index in [-0.39, 0.29) is 30.1 Å². The minimum Gasteiger partial charge on any atom is -0.497 e. The summed E-state index contributed by atoms with van der Waals surface area (Å²) in [5, 5.41) is 0. The Balaban J connectivity index is 1.31. The lowest BCUT2D eigenvalue weighted by Crippen LogP contribution is -2.52. The zero-order valence-electron chi connectivity index (χ0n) is 17.7. The molecule has 1 atom stereocenters. The van der Waals surface area contributed by atoms with Crippen LogP contribution in [0.15, 0.2) is 54.6 Å². The fraction of sp³-hybridized carbons (Fsp3) is 0.375. The highest BCUT2D eigenvalue weighted by Gasteiger charge is 2.37. The van der Waals surface area contributed by atoms with Gasteiger partial charge < -0.3 is 19.4 Å². The van der Waals surface area contributed by atoms with Crippen LogP contribution in [0.2, 0.25) is 0 Å². The lowest BCUT2D eigenvalue weighted by molar-refractivity contribution is -0.137. The number of methoxy groups -OCH3 is 1. The number of amides is 3. The molecule has 2 saturated heterocycles. The van der Waals surface area contributed by atoms with E-state index < -0.39 is 0 Å². The summed E-state index contributed by atoms with van der Waals surface area (Å²) in [6.07, 6.45) is 0.259. The molecule has 0 aromatic heterocycles. The zero-order chi connectivity index (χ0) is 21.8. The van der Waals surface area contributed by atoms with Crippen LogP contribution in [0.5, 0.6) is 5.75 Å². The molecule has 2 heterocycles. The molecule has 7 nitrogen and oxygen atoms in total. The molecule has 31 heavy (non-hydrogen) atoms. The van der Waals surface area contributed by atoms with Crippen molar-refractivity contribution >= 4 is 17.7 Å². The Kier molecular flexibility index (Phi) is 6.21. The van der Waals surface area contributed by atoms with E-state index in [1.165, 1.54) is 0 Å². The normalized spacial score (nSPS) is 18.9. The van der Waals surface area contributed by atoms with Crippen LogP contribution in [0.25, 0.3) is 0 Å². The average Bonchev–Trinajstić information content (AvgIpc) is 3.19. The molecule has 0 spiro atoms. The molecule has 162 valence electrons. The van der Waals surface area contributed by atoms with Crippen molar-refractivity contribution in [3.63, 3.8) is 0 Å². The summed E-state index contributed by atoms with van der Waals surface area (Å²) in [4.78, 5) is 43.5. The van der Waals surface area contributed by atoms with Crippen LogP contribution < -0.4 is 4.74 Å². The fourth-order valence-corrected chi connectivity index (χ4v) is 4.22. The molecule has 3 amide bonds. The van der Waals surface area contributed by atoms with Crippen molar-refractivity contribution in [3.8, 4) is 5.75 Å². The maximum atomic E-state index is 13.0. The molecule has 4 rings (SSSR count). The first-order valence-electron chi connectivity index (χ1n) is 10.6. The van der Waals surface area contributed by atoms with Crippen molar-refractivity contribution in [3.05, 3.63) is 65.7 Å². The standard InChI is InChI=1S/C24H27N3O4/c1-31-21-9-5-8-19(14-21)23(29)25-10-12-26(13-11-25)24(30)20-15-22(28)27(17-20)16-18-6-3-2-4-7-18/h2-9,14,20H,10-13,15-17H2,1H3. The van der Waals surface area contributed by atoms with Crippen molar-refractivity contribution in [2.45, 2.75) is 13.0 Å². The van der Waals surface area contributed by atoms with Crippen molar-refractivity contribution in [1.29, 1.82) is 0 Å². The van der Waals surface area contributed by atoms with E-state index in [0.717, 1.165) is 5.56 Å². The Labute approximate surface area is 182 Å². The van der Waals surface area contributed by atoms with E-state index in [9.17, 15) is 14.4 Å². The number of hydrogen-bond donors (Lipinski definition) is 0. The summed E-state index contributed by atoms with van der Waals surface area (Å²) < 4.78 is 5.20. The highest BCUT2D eigenvalue weighted by molar-refractivity contribution is 5.95. The summed E-state index contributed by atoms with van der Waals surface area (Å²) in [5.74, 6) is 0.310. The zero-order valence-corrected chi connectivity index (χ0v) is 17.7. The Hall–Kier alpha value is -3.35. The number of nitrogens with zero attached hydrogens (tertiary/aromatic N) is 3. The van der Waals surface area contributed by atoms with Crippen molar-refractivity contribution in [2.24, 2.45) is 5.92 Å². The predicted octanol–water partition coefficient (Wildman–Crippen LogP) is 2.03. The van der Waals surface area contributed by atoms with Crippen molar-refractivity contribution in [1.82, 2.24) is 14.7 Å². The quantitative estimate of drug-likeness (QED) is 0.741. The largest absolute Gasteiger partial charge is 0.497 e. The Morgan fingerprint density at radius 2 is 1.68 bits per heavy atom. The highest BCUT2D eigenvalue weighted by atomic mass is 16.5. The fourth-order valence-electron chi connectivity index (χ4n) is 4.22. The Bertz CT molecular complexity index is 954. The van der Waals surface area contributed by atoms with Crippen LogP contribution in [-0.4, -0.2) is 72.3 Å². The summed E-state index contributed by atoms with van der Waals surface area (Å²) in [5.41, 5.74) is 1.64. The first kappa shape index (κ1) is 20.9. The topological polar surface area (TPSA) is 70.2 Å². The van der Waals surface area contributed by atoms with Crippen LogP contribution in [0, 0.1) is 5.92 Å². The molecule has 0 radical (unpaired) electrons. The first-order chi connectivity index (χ1) is 15.0. The number of benzene rings is 2. The van der Waals surface area contributed by atoms with Gasteiger partial charge in [-0.25, -0.2) is 0 Å². The third-order valence-electron chi connectivity index (χ3n) is 5.98. The molecule has 1 unspecified atom stereocenters. The first-order valence-corrected chi connectivity index (χ1v) is 10.6. The minimum absolute atomic E-state index is 0.0115. The second kappa shape index (κ2) is 9.20. The number of hydrogen-bond acceptors (Lipinski definition) is 4. The van der Waals surface area contributed by atoms with Gasteiger partial charge in [-0.1, -0.05) is 36.4 Å². The van der Waals surface area contributed by atoms with Crippen molar-refractivity contribution < 1.29 is 19.1 Å². The third kappa shape index (κ3) is 4.71. The number of ether oxygens (including phenoxy) is 1. The molecule has 0 bridgehead atoms. The highest BCUT2D eigenvalue weighted by Crippen LogP contribution is 2.23. The summed E-state index contributed by atoms with van der Waals surface area (Å²) in [6.45, 7) is 2.92. The Morgan fingerprint density at radius 3 is 2.39 bits per heavy atom. The molecule has 0 N–H and O–H groups in total. The molecule has 2 fully saturated rings. The molecular formula is C24H27N3O4. The molecule has 0 saturated carbocycles. The van der Waals surface area contributed by atoms with Crippen molar-refractivity contribution in [2.75, 3.05) is 39.8 Å². The number of carbonyl (C=O) groups excluding carboxylic acids is 3. The number of rotatable bonds is 5. The van der Waals surface area contributed by atoms with Gasteiger partial charge in [0.2, 0.25) is 11.8 Å². The summed E-state index contributed by atoms with van der Waals surface area (Å²) >= 11 is 0. The molecule has 2 aromatic rings. The van der Waals surface area contributed by atoms with E-state index in [0.29, 0.717) is 50.6 Å². The van der Waals surface area contributed by atoms with Gasteiger partial charge in [-0.3, -0.25) is 14.4 Å². The van der Waals surface area contributed by atoms with Gasteiger partial charge in [-0.05, 0) is 23.8 Å². The summed E-state index contributed by atoms with van der Waals surface area (Å²) in [6, 6.07) is 16.9.